The Morgan fingerprint density at radius 3 is 2.78 bits per heavy atom. The number of benzene rings is 1. The lowest BCUT2D eigenvalue weighted by Crippen LogP contribution is -2.46. The summed E-state index contributed by atoms with van der Waals surface area (Å²) in [5.74, 6) is -0.949. The van der Waals surface area contributed by atoms with Gasteiger partial charge in [0.25, 0.3) is 5.91 Å². The monoisotopic (exact) mass is 394 g/mol. The largest absolute Gasteiger partial charge is 0.452 e. The molecular weight excluding hydrogens is 372 g/mol. The molecule has 2 heterocycles. The third-order valence-electron chi connectivity index (χ3n) is 4.69. The summed E-state index contributed by atoms with van der Waals surface area (Å²) in [5, 5.41) is 4.60. The van der Waals surface area contributed by atoms with E-state index in [0.717, 1.165) is 5.39 Å². The number of hydrogen-bond donors (Lipinski definition) is 0. The fraction of sp³-hybridized carbons (Fsp3) is 0.500. The average molecular weight is 394 g/mol. The van der Waals surface area contributed by atoms with Crippen molar-refractivity contribution in [2.24, 2.45) is 0 Å². The van der Waals surface area contributed by atoms with Gasteiger partial charge in [0, 0.05) is 18.0 Å². The predicted molar refractivity (Wildman–Crippen MR) is 97.7 cm³/mol. The van der Waals surface area contributed by atoms with Gasteiger partial charge in [0.05, 0.1) is 17.9 Å². The highest BCUT2D eigenvalue weighted by atomic mass is 32.2. The molecule has 0 N–H and O–H groups in total. The standard InChI is InChI=1S/C18H22N2O6S/c1-3-20(13-8-9-27(23,24)11-13)18(22)12(2)25-17(21)10-15-14-6-4-5-7-16(14)26-19-15/h4-7,12-13H,3,8-11H2,1-2H3/t12-,13+/m0/s1. The van der Waals surface area contributed by atoms with E-state index in [0.29, 0.717) is 24.2 Å². The number of para-hydroxylation sites is 1. The van der Waals surface area contributed by atoms with Gasteiger partial charge >= 0.3 is 5.97 Å². The maximum absolute atomic E-state index is 12.6. The Morgan fingerprint density at radius 2 is 2.11 bits per heavy atom. The number of carbonyl (C=O) groups excluding carboxylic acids is 2. The third kappa shape index (κ3) is 4.29. The maximum atomic E-state index is 12.6. The van der Waals surface area contributed by atoms with Crippen LogP contribution in [0.2, 0.25) is 0 Å². The Morgan fingerprint density at radius 1 is 1.37 bits per heavy atom. The number of nitrogens with zero attached hydrogens (tertiary/aromatic N) is 2. The van der Waals surface area contributed by atoms with Crippen LogP contribution in [0.4, 0.5) is 0 Å². The fourth-order valence-electron chi connectivity index (χ4n) is 3.34. The summed E-state index contributed by atoms with van der Waals surface area (Å²) in [6.45, 7) is 3.63. The molecule has 2 aromatic rings. The summed E-state index contributed by atoms with van der Waals surface area (Å²) in [6.07, 6.45) is -0.703. The Balaban J connectivity index is 1.62. The molecule has 1 aromatic carbocycles. The molecule has 1 aliphatic heterocycles. The molecule has 0 bridgehead atoms. The smallest absolute Gasteiger partial charge is 0.312 e. The van der Waals surface area contributed by atoms with Gasteiger partial charge in [-0.1, -0.05) is 17.3 Å². The molecule has 0 aliphatic carbocycles. The van der Waals surface area contributed by atoms with Gasteiger partial charge in [-0.2, -0.15) is 0 Å². The lowest BCUT2D eigenvalue weighted by molar-refractivity contribution is -0.159. The number of aromatic nitrogens is 1. The average Bonchev–Trinajstić information content (AvgIpc) is 3.19. The topological polar surface area (TPSA) is 107 Å². The number of sulfone groups is 1. The predicted octanol–water partition coefficient (Wildman–Crippen LogP) is 1.34. The van der Waals surface area contributed by atoms with Gasteiger partial charge in [-0.15, -0.1) is 0 Å². The molecule has 0 radical (unpaired) electrons. The molecule has 27 heavy (non-hydrogen) atoms. The van der Waals surface area contributed by atoms with Gasteiger partial charge in [0.15, 0.2) is 21.5 Å². The van der Waals surface area contributed by atoms with Gasteiger partial charge in [-0.3, -0.25) is 9.59 Å². The second-order valence-corrected chi connectivity index (χ2v) is 8.84. The van der Waals surface area contributed by atoms with E-state index < -0.39 is 27.8 Å². The maximum Gasteiger partial charge on any atom is 0.312 e. The molecule has 8 nitrogen and oxygen atoms in total. The first-order chi connectivity index (χ1) is 12.8. The van der Waals surface area contributed by atoms with Crippen LogP contribution in [-0.2, 0) is 30.6 Å². The molecule has 1 fully saturated rings. The van der Waals surface area contributed by atoms with E-state index in [-0.39, 0.29) is 24.0 Å². The number of esters is 1. The van der Waals surface area contributed by atoms with Crippen LogP contribution in [0.25, 0.3) is 11.0 Å². The molecule has 1 aliphatic rings. The van der Waals surface area contributed by atoms with E-state index in [9.17, 15) is 18.0 Å². The fourth-order valence-corrected chi connectivity index (χ4v) is 5.07. The second-order valence-electron chi connectivity index (χ2n) is 6.62. The Bertz CT molecular complexity index is 952. The Labute approximate surface area is 157 Å². The van der Waals surface area contributed by atoms with Crippen LogP contribution >= 0.6 is 0 Å². The molecule has 1 amide bonds. The Hall–Kier alpha value is -2.42. The molecule has 0 unspecified atom stereocenters. The second kappa shape index (κ2) is 7.67. The van der Waals surface area contributed by atoms with Crippen LogP contribution in [0, 0.1) is 0 Å². The van der Waals surface area contributed by atoms with Crippen molar-refractivity contribution in [3.05, 3.63) is 30.0 Å². The molecular formula is C18H22N2O6S. The third-order valence-corrected chi connectivity index (χ3v) is 6.44. The van der Waals surface area contributed by atoms with Crippen molar-refractivity contribution in [2.45, 2.75) is 38.8 Å². The van der Waals surface area contributed by atoms with E-state index >= 15 is 0 Å². The van der Waals surface area contributed by atoms with E-state index in [1.54, 1.807) is 25.1 Å². The quantitative estimate of drug-likeness (QED) is 0.681. The molecule has 9 heteroatoms. The molecule has 2 atom stereocenters. The highest BCUT2D eigenvalue weighted by Gasteiger charge is 2.36. The number of carbonyl (C=O) groups is 2. The molecule has 1 aromatic heterocycles. The molecule has 1 saturated heterocycles. The zero-order valence-electron chi connectivity index (χ0n) is 15.3. The van der Waals surface area contributed by atoms with Crippen molar-refractivity contribution in [3.63, 3.8) is 0 Å². The minimum absolute atomic E-state index is 0.0435. The number of fused-ring (bicyclic) bond motifs is 1. The SMILES string of the molecule is CCN(C(=O)[C@H](C)OC(=O)Cc1noc2ccccc12)[C@@H]1CCS(=O)(=O)C1. The van der Waals surface area contributed by atoms with Crippen molar-refractivity contribution >= 4 is 32.7 Å². The molecule has 146 valence electrons. The normalized spacial score (nSPS) is 19.7. The van der Waals surface area contributed by atoms with Gasteiger partial charge in [-0.25, -0.2) is 8.42 Å². The van der Waals surface area contributed by atoms with Gasteiger partial charge in [0.2, 0.25) is 0 Å². The minimum atomic E-state index is -3.11. The number of likely N-dealkylation sites (N-methyl/N-ethyl adjacent to an activating group) is 1. The van der Waals surface area contributed by atoms with Crippen molar-refractivity contribution < 1.29 is 27.3 Å². The summed E-state index contributed by atoms with van der Waals surface area (Å²) in [5.41, 5.74) is 1.02. The lowest BCUT2D eigenvalue weighted by Gasteiger charge is -2.29. The first kappa shape index (κ1) is 19.3. The summed E-state index contributed by atoms with van der Waals surface area (Å²) in [7, 11) is -3.11. The Kier molecular flexibility index (Phi) is 5.50. The number of rotatable bonds is 6. The number of ether oxygens (including phenoxy) is 1. The van der Waals surface area contributed by atoms with Crippen LogP contribution in [0.3, 0.4) is 0 Å². The van der Waals surface area contributed by atoms with Crippen LogP contribution in [0.15, 0.2) is 28.8 Å². The van der Waals surface area contributed by atoms with Crippen molar-refractivity contribution in [3.8, 4) is 0 Å². The van der Waals surface area contributed by atoms with Crippen LogP contribution in [0.5, 0.6) is 0 Å². The van der Waals surface area contributed by atoms with Crippen molar-refractivity contribution in [1.82, 2.24) is 10.1 Å². The van der Waals surface area contributed by atoms with Crippen molar-refractivity contribution in [1.29, 1.82) is 0 Å². The number of amides is 1. The van der Waals surface area contributed by atoms with Crippen LogP contribution in [-0.4, -0.2) is 60.5 Å². The lowest BCUT2D eigenvalue weighted by atomic mass is 10.2. The highest BCUT2D eigenvalue weighted by molar-refractivity contribution is 7.91. The van der Waals surface area contributed by atoms with E-state index in [1.807, 2.05) is 6.07 Å². The number of hydrogen-bond acceptors (Lipinski definition) is 7. The first-order valence-corrected chi connectivity index (χ1v) is 10.7. The molecule has 3 rings (SSSR count). The zero-order chi connectivity index (χ0) is 19.6. The van der Waals surface area contributed by atoms with Gasteiger partial charge in [-0.05, 0) is 32.4 Å². The highest BCUT2D eigenvalue weighted by Crippen LogP contribution is 2.20. The van der Waals surface area contributed by atoms with E-state index in [4.69, 9.17) is 9.26 Å². The summed E-state index contributed by atoms with van der Waals surface area (Å²) in [4.78, 5) is 26.4. The van der Waals surface area contributed by atoms with Crippen LogP contribution < -0.4 is 0 Å². The molecule has 0 spiro atoms. The summed E-state index contributed by atoms with van der Waals surface area (Å²) >= 11 is 0. The minimum Gasteiger partial charge on any atom is -0.452 e. The first-order valence-electron chi connectivity index (χ1n) is 8.84. The zero-order valence-corrected chi connectivity index (χ0v) is 16.1. The van der Waals surface area contributed by atoms with Crippen molar-refractivity contribution in [2.75, 3.05) is 18.1 Å². The summed E-state index contributed by atoms with van der Waals surface area (Å²) in [6, 6.07) is 6.79. The van der Waals surface area contributed by atoms with E-state index in [1.165, 1.54) is 11.8 Å². The van der Waals surface area contributed by atoms with E-state index in [2.05, 4.69) is 5.16 Å². The summed E-state index contributed by atoms with van der Waals surface area (Å²) < 4.78 is 33.8. The van der Waals surface area contributed by atoms with Gasteiger partial charge < -0.3 is 14.2 Å². The van der Waals surface area contributed by atoms with Crippen LogP contribution in [0.1, 0.15) is 26.0 Å². The van der Waals surface area contributed by atoms with Gasteiger partial charge in [0.1, 0.15) is 5.69 Å². The molecule has 0 saturated carbocycles.